The maximum atomic E-state index is 12.9. The van der Waals surface area contributed by atoms with E-state index in [9.17, 15) is 9.59 Å². The van der Waals surface area contributed by atoms with Crippen LogP contribution in [0.2, 0.25) is 0 Å². The molecule has 1 aromatic carbocycles. The highest BCUT2D eigenvalue weighted by atomic mass is 32.2. The highest BCUT2D eigenvalue weighted by Gasteiger charge is 2.48. The number of carbonyl (C=O) groups excluding carboxylic acids is 2. The summed E-state index contributed by atoms with van der Waals surface area (Å²) in [6.45, 7) is 0.450. The molecule has 0 spiro atoms. The number of nitrogens with zero attached hydrogens (tertiary/aromatic N) is 1. The summed E-state index contributed by atoms with van der Waals surface area (Å²) in [5, 5.41) is 2.96. The van der Waals surface area contributed by atoms with Gasteiger partial charge in [-0.3, -0.25) is 9.69 Å². The predicted molar refractivity (Wildman–Crippen MR) is 90.8 cm³/mol. The monoisotopic (exact) mass is 328 g/mol. The predicted octanol–water partition coefficient (Wildman–Crippen LogP) is 3.30. The van der Waals surface area contributed by atoms with Crippen LogP contribution in [0.25, 0.3) is 0 Å². The number of urea groups is 1. The topological polar surface area (TPSA) is 49.4 Å². The molecule has 5 heteroatoms. The van der Waals surface area contributed by atoms with Gasteiger partial charge < -0.3 is 5.32 Å². The molecule has 2 unspecified atom stereocenters. The molecule has 2 heterocycles. The fraction of sp³-hybridized carbons (Fsp3) is 0.444. The highest BCUT2D eigenvalue weighted by molar-refractivity contribution is 8.04. The summed E-state index contributed by atoms with van der Waals surface area (Å²) < 4.78 is 0. The zero-order chi connectivity index (χ0) is 15.8. The van der Waals surface area contributed by atoms with Crippen LogP contribution in [-0.4, -0.2) is 28.8 Å². The second-order valence-electron chi connectivity index (χ2n) is 6.35. The Hall–Kier alpha value is -1.75. The van der Waals surface area contributed by atoms with Crippen molar-refractivity contribution in [3.63, 3.8) is 0 Å². The molecule has 0 aromatic heterocycles. The first kappa shape index (κ1) is 14.8. The Balaban J connectivity index is 1.51. The molecule has 120 valence electrons. The van der Waals surface area contributed by atoms with Crippen molar-refractivity contribution in [2.24, 2.45) is 5.92 Å². The van der Waals surface area contributed by atoms with Crippen molar-refractivity contribution in [2.45, 2.75) is 37.5 Å². The SMILES string of the molecule is O=C1NC2SC3=C(CCCC3)C2C(=O)N1CCc1ccccc1. The number of allylic oxidation sites excluding steroid dienone is 1. The molecule has 0 bridgehead atoms. The molecule has 1 fully saturated rings. The second kappa shape index (κ2) is 6.04. The van der Waals surface area contributed by atoms with Crippen LogP contribution in [0.15, 0.2) is 40.8 Å². The van der Waals surface area contributed by atoms with Gasteiger partial charge in [0, 0.05) is 6.54 Å². The number of rotatable bonds is 3. The second-order valence-corrected chi connectivity index (χ2v) is 7.58. The standard InChI is InChI=1S/C18H20N2O2S/c21-17-15-13-8-4-5-9-14(13)23-16(15)19-18(22)20(17)11-10-12-6-2-1-3-7-12/h1-3,6-7,15-16H,4-5,8-11H2,(H,19,22). The van der Waals surface area contributed by atoms with E-state index in [1.165, 1.54) is 21.8 Å². The summed E-state index contributed by atoms with van der Waals surface area (Å²) in [4.78, 5) is 28.0. The third-order valence-electron chi connectivity index (χ3n) is 4.92. The van der Waals surface area contributed by atoms with Crippen molar-refractivity contribution in [3.8, 4) is 0 Å². The van der Waals surface area contributed by atoms with Crippen molar-refractivity contribution in [1.29, 1.82) is 0 Å². The van der Waals surface area contributed by atoms with E-state index in [1.807, 2.05) is 30.3 Å². The van der Waals surface area contributed by atoms with E-state index < -0.39 is 0 Å². The van der Waals surface area contributed by atoms with Gasteiger partial charge in [-0.25, -0.2) is 4.79 Å². The minimum Gasteiger partial charge on any atom is -0.324 e. The van der Waals surface area contributed by atoms with Gasteiger partial charge in [-0.2, -0.15) is 0 Å². The van der Waals surface area contributed by atoms with Gasteiger partial charge in [0.15, 0.2) is 0 Å². The van der Waals surface area contributed by atoms with Gasteiger partial charge in [0.05, 0.1) is 11.3 Å². The minimum absolute atomic E-state index is 0.00548. The van der Waals surface area contributed by atoms with E-state index in [-0.39, 0.29) is 23.2 Å². The Morgan fingerprint density at radius 1 is 1.13 bits per heavy atom. The summed E-state index contributed by atoms with van der Waals surface area (Å²) in [5.41, 5.74) is 2.44. The molecule has 0 saturated carbocycles. The van der Waals surface area contributed by atoms with Gasteiger partial charge >= 0.3 is 6.03 Å². The van der Waals surface area contributed by atoms with Crippen molar-refractivity contribution in [1.82, 2.24) is 10.2 Å². The zero-order valence-electron chi connectivity index (χ0n) is 13.0. The Bertz CT molecular complexity index is 671. The van der Waals surface area contributed by atoms with Crippen molar-refractivity contribution >= 4 is 23.7 Å². The minimum atomic E-state index is -0.237. The summed E-state index contributed by atoms with van der Waals surface area (Å²) in [6, 6.07) is 9.76. The number of nitrogens with one attached hydrogen (secondary N) is 1. The highest BCUT2D eigenvalue weighted by Crippen LogP contribution is 2.49. The number of amides is 3. The molecule has 3 aliphatic rings. The van der Waals surface area contributed by atoms with E-state index in [4.69, 9.17) is 0 Å². The van der Waals surface area contributed by atoms with Gasteiger partial charge in [0.25, 0.3) is 0 Å². The quantitative estimate of drug-likeness (QED) is 0.926. The molecular formula is C18H20N2O2S. The number of fused-ring (bicyclic) bond motifs is 2. The number of imide groups is 1. The number of thioether (sulfide) groups is 1. The Morgan fingerprint density at radius 3 is 2.74 bits per heavy atom. The lowest BCUT2D eigenvalue weighted by Crippen LogP contribution is -2.58. The van der Waals surface area contributed by atoms with Crippen LogP contribution in [0.3, 0.4) is 0 Å². The summed E-state index contributed by atoms with van der Waals surface area (Å²) in [7, 11) is 0. The van der Waals surface area contributed by atoms with E-state index in [2.05, 4.69) is 5.32 Å². The Labute approximate surface area is 140 Å². The number of carbonyl (C=O) groups is 2. The van der Waals surface area contributed by atoms with Gasteiger partial charge in [-0.15, -0.1) is 11.8 Å². The van der Waals surface area contributed by atoms with Crippen LogP contribution in [0.1, 0.15) is 31.2 Å². The molecule has 1 N–H and O–H groups in total. The maximum Gasteiger partial charge on any atom is 0.325 e. The first-order valence-electron chi connectivity index (χ1n) is 8.28. The van der Waals surface area contributed by atoms with Crippen molar-refractivity contribution < 1.29 is 9.59 Å². The van der Waals surface area contributed by atoms with E-state index in [1.54, 1.807) is 11.8 Å². The maximum absolute atomic E-state index is 12.9. The Morgan fingerprint density at radius 2 is 1.91 bits per heavy atom. The molecule has 1 aromatic rings. The van der Waals surface area contributed by atoms with Crippen LogP contribution in [0.4, 0.5) is 4.79 Å². The third kappa shape index (κ3) is 2.67. The number of benzene rings is 1. The van der Waals surface area contributed by atoms with Gasteiger partial charge in [-0.1, -0.05) is 30.3 Å². The van der Waals surface area contributed by atoms with E-state index in [0.717, 1.165) is 24.8 Å². The van der Waals surface area contributed by atoms with Crippen molar-refractivity contribution in [3.05, 3.63) is 46.4 Å². The van der Waals surface area contributed by atoms with Gasteiger partial charge in [-0.05, 0) is 48.1 Å². The molecule has 23 heavy (non-hydrogen) atoms. The molecule has 4 nitrogen and oxygen atoms in total. The molecule has 1 aliphatic carbocycles. The van der Waals surface area contributed by atoms with E-state index >= 15 is 0 Å². The van der Waals surface area contributed by atoms with Crippen LogP contribution in [0, 0.1) is 5.92 Å². The van der Waals surface area contributed by atoms with Crippen LogP contribution >= 0.6 is 11.8 Å². The molecule has 2 aliphatic heterocycles. The fourth-order valence-corrected chi connectivity index (χ4v) is 5.25. The molecule has 0 radical (unpaired) electrons. The average molecular weight is 328 g/mol. The fourth-order valence-electron chi connectivity index (χ4n) is 3.72. The van der Waals surface area contributed by atoms with Gasteiger partial charge in [0.1, 0.15) is 0 Å². The smallest absolute Gasteiger partial charge is 0.324 e. The number of hydrogen-bond acceptors (Lipinski definition) is 3. The molecule has 2 atom stereocenters. The van der Waals surface area contributed by atoms with Crippen LogP contribution in [-0.2, 0) is 11.2 Å². The molecule has 3 amide bonds. The lowest BCUT2D eigenvalue weighted by atomic mass is 9.87. The normalized spacial score (nSPS) is 26.9. The first-order valence-corrected chi connectivity index (χ1v) is 9.16. The lowest BCUT2D eigenvalue weighted by molar-refractivity contribution is -0.132. The van der Waals surface area contributed by atoms with Crippen LogP contribution < -0.4 is 5.32 Å². The first-order chi connectivity index (χ1) is 11.2. The summed E-state index contributed by atoms with van der Waals surface area (Å²) >= 11 is 1.70. The summed E-state index contributed by atoms with van der Waals surface area (Å²) in [6.07, 6.45) is 5.15. The molecule has 1 saturated heterocycles. The van der Waals surface area contributed by atoms with Crippen molar-refractivity contribution in [2.75, 3.05) is 6.54 Å². The van der Waals surface area contributed by atoms with Crippen LogP contribution in [0.5, 0.6) is 0 Å². The lowest BCUT2D eigenvalue weighted by Gasteiger charge is -2.34. The molecular weight excluding hydrogens is 308 g/mol. The Kier molecular flexibility index (Phi) is 3.89. The largest absolute Gasteiger partial charge is 0.325 e. The zero-order valence-corrected chi connectivity index (χ0v) is 13.8. The van der Waals surface area contributed by atoms with E-state index in [0.29, 0.717) is 13.0 Å². The average Bonchev–Trinajstić information content (AvgIpc) is 2.93. The van der Waals surface area contributed by atoms with Gasteiger partial charge in [0.2, 0.25) is 5.91 Å². The molecule has 4 rings (SSSR count). The number of hydrogen-bond donors (Lipinski definition) is 1. The third-order valence-corrected chi connectivity index (χ3v) is 6.31. The summed E-state index contributed by atoms with van der Waals surface area (Å²) in [5.74, 6) is -0.141.